The number of aromatic nitrogens is 1. The summed E-state index contributed by atoms with van der Waals surface area (Å²) >= 11 is 5.81. The number of sulfonamides is 1. The van der Waals surface area contributed by atoms with Crippen molar-refractivity contribution in [1.29, 1.82) is 0 Å². The molecule has 0 atom stereocenters. The lowest BCUT2D eigenvalue weighted by Gasteiger charge is -2.08. The van der Waals surface area contributed by atoms with Gasteiger partial charge in [0, 0.05) is 34.3 Å². The number of halogens is 4. The summed E-state index contributed by atoms with van der Waals surface area (Å²) in [5.41, 5.74) is -0.226. The van der Waals surface area contributed by atoms with Crippen LogP contribution in [0.15, 0.2) is 41.4 Å². The van der Waals surface area contributed by atoms with Crippen molar-refractivity contribution in [2.75, 3.05) is 4.72 Å². The average Bonchev–Trinajstić information content (AvgIpc) is 2.88. The second kappa shape index (κ2) is 5.47. The summed E-state index contributed by atoms with van der Waals surface area (Å²) < 4.78 is 66.3. The molecule has 3 rings (SSSR count). The topological polar surface area (TPSA) is 62.0 Å². The molecule has 0 aliphatic rings. The minimum absolute atomic E-state index is 0.173. The fraction of sp³-hybridized carbons (Fsp3) is 0. The molecule has 0 bridgehead atoms. The van der Waals surface area contributed by atoms with Crippen LogP contribution in [0, 0.1) is 17.5 Å². The molecular weight excluding hydrogens is 353 g/mol. The van der Waals surface area contributed by atoms with E-state index in [1.54, 1.807) is 0 Å². The van der Waals surface area contributed by atoms with Gasteiger partial charge in [0.2, 0.25) is 0 Å². The van der Waals surface area contributed by atoms with Gasteiger partial charge in [0.1, 0.15) is 10.7 Å². The first kappa shape index (κ1) is 15.7. The zero-order valence-electron chi connectivity index (χ0n) is 11.2. The van der Waals surface area contributed by atoms with Crippen molar-refractivity contribution >= 4 is 38.2 Å². The van der Waals surface area contributed by atoms with E-state index in [1.165, 1.54) is 24.4 Å². The van der Waals surface area contributed by atoms with Gasteiger partial charge in [0.15, 0.2) is 11.6 Å². The zero-order valence-corrected chi connectivity index (χ0v) is 12.8. The van der Waals surface area contributed by atoms with Crippen LogP contribution in [0.4, 0.5) is 18.9 Å². The van der Waals surface area contributed by atoms with Crippen LogP contribution in [0.25, 0.3) is 10.9 Å². The predicted molar refractivity (Wildman–Crippen MR) is 80.4 cm³/mol. The van der Waals surface area contributed by atoms with Crippen molar-refractivity contribution in [2.24, 2.45) is 0 Å². The highest BCUT2D eigenvalue weighted by Gasteiger charge is 2.21. The molecule has 1 aromatic heterocycles. The molecular formula is C14H8ClF3N2O2S. The van der Waals surface area contributed by atoms with E-state index in [0.29, 0.717) is 22.0 Å². The van der Waals surface area contributed by atoms with Gasteiger partial charge in [-0.1, -0.05) is 11.6 Å². The number of hydrogen-bond acceptors (Lipinski definition) is 2. The SMILES string of the molecule is O=S(=O)(Nc1cc(F)c(F)cc1F)c1c[nH]c2cc(Cl)ccc12. The minimum atomic E-state index is -4.22. The van der Waals surface area contributed by atoms with E-state index in [9.17, 15) is 21.6 Å². The Balaban J connectivity index is 2.06. The third-order valence-electron chi connectivity index (χ3n) is 3.15. The maximum Gasteiger partial charge on any atom is 0.264 e. The number of rotatable bonds is 3. The molecule has 0 fully saturated rings. The summed E-state index contributed by atoms with van der Waals surface area (Å²) in [7, 11) is -4.22. The molecule has 4 nitrogen and oxygen atoms in total. The molecule has 23 heavy (non-hydrogen) atoms. The number of benzene rings is 2. The quantitative estimate of drug-likeness (QED) is 0.692. The summed E-state index contributed by atoms with van der Waals surface area (Å²) in [6, 6.07) is 5.20. The molecule has 0 amide bonds. The van der Waals surface area contributed by atoms with Crippen LogP contribution in [-0.4, -0.2) is 13.4 Å². The molecule has 0 unspecified atom stereocenters. The van der Waals surface area contributed by atoms with Crippen LogP contribution in [0.5, 0.6) is 0 Å². The summed E-state index contributed by atoms with van der Waals surface area (Å²) in [6.07, 6.45) is 1.20. The van der Waals surface area contributed by atoms with Crippen molar-refractivity contribution in [3.05, 3.63) is 59.0 Å². The van der Waals surface area contributed by atoms with Gasteiger partial charge >= 0.3 is 0 Å². The molecule has 0 saturated heterocycles. The first-order valence-corrected chi connectivity index (χ1v) is 8.08. The molecule has 1 heterocycles. The molecule has 2 aromatic carbocycles. The Morgan fingerprint density at radius 1 is 1.00 bits per heavy atom. The van der Waals surface area contributed by atoms with Crippen molar-refractivity contribution in [1.82, 2.24) is 4.98 Å². The number of hydrogen-bond donors (Lipinski definition) is 2. The summed E-state index contributed by atoms with van der Waals surface area (Å²) in [6.45, 7) is 0. The van der Waals surface area contributed by atoms with Crippen LogP contribution in [0.3, 0.4) is 0 Å². The zero-order chi connectivity index (χ0) is 16.8. The number of fused-ring (bicyclic) bond motifs is 1. The third kappa shape index (κ3) is 2.87. The molecule has 0 saturated carbocycles. The van der Waals surface area contributed by atoms with Crippen LogP contribution in [-0.2, 0) is 10.0 Å². The normalized spacial score (nSPS) is 11.8. The predicted octanol–water partition coefficient (Wildman–Crippen LogP) is 4.04. The van der Waals surface area contributed by atoms with Gasteiger partial charge in [-0.2, -0.15) is 0 Å². The Morgan fingerprint density at radius 2 is 1.70 bits per heavy atom. The van der Waals surface area contributed by atoms with Gasteiger partial charge in [0.05, 0.1) is 5.69 Å². The molecule has 0 radical (unpaired) electrons. The fourth-order valence-corrected chi connectivity index (χ4v) is 3.50. The second-order valence-electron chi connectivity index (χ2n) is 4.69. The molecule has 9 heteroatoms. The molecule has 0 aliphatic heterocycles. The Morgan fingerprint density at radius 3 is 2.43 bits per heavy atom. The van der Waals surface area contributed by atoms with Crippen molar-refractivity contribution in [2.45, 2.75) is 4.90 Å². The van der Waals surface area contributed by atoms with Gasteiger partial charge in [-0.05, 0) is 18.2 Å². The summed E-state index contributed by atoms with van der Waals surface area (Å²) in [4.78, 5) is 2.55. The Kier molecular flexibility index (Phi) is 3.73. The fourth-order valence-electron chi connectivity index (χ4n) is 2.09. The van der Waals surface area contributed by atoms with Gasteiger partial charge in [-0.3, -0.25) is 4.72 Å². The molecule has 2 N–H and O–H groups in total. The molecule has 3 aromatic rings. The smallest absolute Gasteiger partial charge is 0.264 e. The monoisotopic (exact) mass is 360 g/mol. The highest BCUT2D eigenvalue weighted by molar-refractivity contribution is 7.93. The Bertz CT molecular complexity index is 1020. The number of anilines is 1. The van der Waals surface area contributed by atoms with Gasteiger partial charge in [0.25, 0.3) is 10.0 Å². The lowest BCUT2D eigenvalue weighted by atomic mass is 10.2. The van der Waals surface area contributed by atoms with Gasteiger partial charge in [-0.15, -0.1) is 0 Å². The maximum atomic E-state index is 13.6. The van der Waals surface area contributed by atoms with Crippen LogP contribution in [0.2, 0.25) is 5.02 Å². The van der Waals surface area contributed by atoms with Crippen LogP contribution in [0.1, 0.15) is 0 Å². The lowest BCUT2D eigenvalue weighted by molar-refractivity contribution is 0.496. The maximum absolute atomic E-state index is 13.6. The van der Waals surface area contributed by atoms with Crippen molar-refractivity contribution in [3.8, 4) is 0 Å². The van der Waals surface area contributed by atoms with Crippen LogP contribution >= 0.6 is 11.6 Å². The highest BCUT2D eigenvalue weighted by atomic mass is 35.5. The first-order valence-electron chi connectivity index (χ1n) is 6.22. The van der Waals surface area contributed by atoms with E-state index >= 15 is 0 Å². The molecule has 120 valence electrons. The lowest BCUT2D eigenvalue weighted by Crippen LogP contribution is -2.14. The average molecular weight is 361 g/mol. The molecule has 0 aliphatic carbocycles. The third-order valence-corrected chi connectivity index (χ3v) is 4.79. The Labute approximate surface area is 133 Å². The van der Waals surface area contributed by atoms with E-state index in [4.69, 9.17) is 11.6 Å². The summed E-state index contributed by atoms with van der Waals surface area (Å²) in [5, 5.41) is 0.729. The summed E-state index contributed by atoms with van der Waals surface area (Å²) in [5.74, 6) is -4.00. The van der Waals surface area contributed by atoms with E-state index in [2.05, 4.69) is 4.98 Å². The standard InChI is InChI=1S/C14H8ClF3N2O2S/c15-7-1-2-8-12(3-7)19-6-14(8)23(21,22)20-13-5-10(17)9(16)4-11(13)18/h1-6,19-20H. The van der Waals surface area contributed by atoms with E-state index in [1.807, 2.05) is 4.72 Å². The number of nitrogens with one attached hydrogen (secondary N) is 2. The highest BCUT2D eigenvalue weighted by Crippen LogP contribution is 2.28. The van der Waals surface area contributed by atoms with E-state index in [-0.39, 0.29) is 11.0 Å². The molecule has 0 spiro atoms. The van der Waals surface area contributed by atoms with Crippen molar-refractivity contribution in [3.63, 3.8) is 0 Å². The first-order chi connectivity index (χ1) is 10.8. The largest absolute Gasteiger partial charge is 0.360 e. The minimum Gasteiger partial charge on any atom is -0.360 e. The van der Waals surface area contributed by atoms with E-state index in [0.717, 1.165) is 0 Å². The number of aromatic amines is 1. The van der Waals surface area contributed by atoms with Crippen LogP contribution < -0.4 is 4.72 Å². The van der Waals surface area contributed by atoms with Gasteiger partial charge < -0.3 is 4.98 Å². The Hall–Kier alpha value is -2.19. The van der Waals surface area contributed by atoms with Crippen molar-refractivity contribution < 1.29 is 21.6 Å². The number of H-pyrrole nitrogens is 1. The van der Waals surface area contributed by atoms with Gasteiger partial charge in [-0.25, -0.2) is 21.6 Å². The van der Waals surface area contributed by atoms with E-state index < -0.39 is 33.2 Å². The second-order valence-corrected chi connectivity index (χ2v) is 6.78.